The second-order valence-corrected chi connectivity index (χ2v) is 5.96. The molecule has 2 aromatic carbocycles. The van der Waals surface area contributed by atoms with Crippen LogP contribution in [0.2, 0.25) is 0 Å². The summed E-state index contributed by atoms with van der Waals surface area (Å²) in [6.45, 7) is 2.71. The summed E-state index contributed by atoms with van der Waals surface area (Å²) in [6.07, 6.45) is 0. The molecule has 3 rings (SSSR count). The lowest BCUT2D eigenvalue weighted by Crippen LogP contribution is -2.22. The van der Waals surface area contributed by atoms with Crippen LogP contribution in [0.15, 0.2) is 48.5 Å². The maximum atomic E-state index is 14.1. The zero-order valence-electron chi connectivity index (χ0n) is 11.6. The van der Waals surface area contributed by atoms with Gasteiger partial charge in [-0.05, 0) is 42.3 Å². The average molecular weight is 303 g/mol. The summed E-state index contributed by atoms with van der Waals surface area (Å²) in [6, 6.07) is 13.2. The SMILES string of the molecule is CCNC(c1cc2cc(F)ccc2s1)c1ccccc1F. The molecule has 4 heteroatoms. The minimum Gasteiger partial charge on any atom is -0.306 e. The fourth-order valence-electron chi connectivity index (χ4n) is 2.45. The number of hydrogen-bond acceptors (Lipinski definition) is 2. The molecule has 1 nitrogen and oxygen atoms in total. The highest BCUT2D eigenvalue weighted by molar-refractivity contribution is 7.19. The van der Waals surface area contributed by atoms with Gasteiger partial charge in [0, 0.05) is 15.1 Å². The summed E-state index contributed by atoms with van der Waals surface area (Å²) in [5.41, 5.74) is 0.617. The van der Waals surface area contributed by atoms with Crippen LogP contribution in [-0.2, 0) is 0 Å². The summed E-state index contributed by atoms with van der Waals surface area (Å²) in [5, 5.41) is 4.16. The number of nitrogens with one attached hydrogen (secondary N) is 1. The molecule has 0 fully saturated rings. The number of fused-ring (bicyclic) bond motifs is 1. The largest absolute Gasteiger partial charge is 0.306 e. The highest BCUT2D eigenvalue weighted by atomic mass is 32.1. The fraction of sp³-hybridized carbons (Fsp3) is 0.176. The summed E-state index contributed by atoms with van der Waals surface area (Å²) >= 11 is 1.56. The quantitative estimate of drug-likeness (QED) is 0.724. The Kier molecular flexibility index (Phi) is 3.99. The first kappa shape index (κ1) is 14.2. The molecule has 1 N–H and O–H groups in total. The van der Waals surface area contributed by atoms with Crippen LogP contribution >= 0.6 is 11.3 Å². The van der Waals surface area contributed by atoms with Crippen molar-refractivity contribution in [1.29, 1.82) is 0 Å². The van der Waals surface area contributed by atoms with Gasteiger partial charge in [0.25, 0.3) is 0 Å². The predicted molar refractivity (Wildman–Crippen MR) is 83.7 cm³/mol. The van der Waals surface area contributed by atoms with Crippen molar-refractivity contribution in [2.75, 3.05) is 6.54 Å². The molecule has 0 aliphatic carbocycles. The van der Waals surface area contributed by atoms with Crippen LogP contribution in [0.3, 0.4) is 0 Å². The number of benzene rings is 2. The molecule has 1 heterocycles. The monoisotopic (exact) mass is 303 g/mol. The Morgan fingerprint density at radius 1 is 1.10 bits per heavy atom. The first-order chi connectivity index (χ1) is 10.2. The first-order valence-corrected chi connectivity index (χ1v) is 7.67. The molecule has 1 atom stereocenters. The van der Waals surface area contributed by atoms with Crippen molar-refractivity contribution in [3.05, 3.63) is 70.6 Å². The van der Waals surface area contributed by atoms with E-state index in [2.05, 4.69) is 5.32 Å². The first-order valence-electron chi connectivity index (χ1n) is 6.86. The normalized spacial score (nSPS) is 12.7. The lowest BCUT2D eigenvalue weighted by Gasteiger charge is -2.17. The summed E-state index contributed by atoms with van der Waals surface area (Å²) in [4.78, 5) is 0.988. The van der Waals surface area contributed by atoms with Crippen molar-refractivity contribution in [1.82, 2.24) is 5.32 Å². The smallest absolute Gasteiger partial charge is 0.128 e. The minimum atomic E-state index is -0.252. The summed E-state index contributed by atoms with van der Waals surface area (Å²) in [7, 11) is 0. The maximum Gasteiger partial charge on any atom is 0.128 e. The van der Waals surface area contributed by atoms with Gasteiger partial charge >= 0.3 is 0 Å². The van der Waals surface area contributed by atoms with Crippen LogP contribution in [0.1, 0.15) is 23.4 Å². The van der Waals surface area contributed by atoms with E-state index in [9.17, 15) is 8.78 Å². The molecule has 3 aromatic rings. The molecule has 0 saturated carbocycles. The van der Waals surface area contributed by atoms with Gasteiger partial charge in [0.15, 0.2) is 0 Å². The van der Waals surface area contributed by atoms with Crippen molar-refractivity contribution in [3.8, 4) is 0 Å². The molecule has 1 unspecified atom stereocenters. The zero-order chi connectivity index (χ0) is 14.8. The molecular weight excluding hydrogens is 288 g/mol. The zero-order valence-corrected chi connectivity index (χ0v) is 12.4. The second-order valence-electron chi connectivity index (χ2n) is 4.84. The molecule has 0 radical (unpaired) electrons. The Morgan fingerprint density at radius 2 is 1.90 bits per heavy atom. The Bertz CT molecular complexity index is 766. The third-order valence-corrected chi connectivity index (χ3v) is 4.59. The highest BCUT2D eigenvalue weighted by Crippen LogP contribution is 2.34. The van der Waals surface area contributed by atoms with Gasteiger partial charge < -0.3 is 5.32 Å². The van der Waals surface area contributed by atoms with Crippen molar-refractivity contribution >= 4 is 21.4 Å². The number of rotatable bonds is 4. The average Bonchev–Trinajstić information content (AvgIpc) is 2.88. The van der Waals surface area contributed by atoms with Crippen molar-refractivity contribution in [2.45, 2.75) is 13.0 Å². The van der Waals surface area contributed by atoms with Crippen LogP contribution in [-0.4, -0.2) is 6.54 Å². The van der Waals surface area contributed by atoms with Gasteiger partial charge in [0.1, 0.15) is 11.6 Å². The van der Waals surface area contributed by atoms with Crippen molar-refractivity contribution in [3.63, 3.8) is 0 Å². The van der Waals surface area contributed by atoms with E-state index < -0.39 is 0 Å². The topological polar surface area (TPSA) is 12.0 Å². The van der Waals surface area contributed by atoms with Gasteiger partial charge in [-0.2, -0.15) is 0 Å². The molecule has 108 valence electrons. The fourth-order valence-corrected chi connectivity index (χ4v) is 3.59. The third kappa shape index (κ3) is 2.82. The van der Waals surface area contributed by atoms with E-state index in [1.165, 1.54) is 18.2 Å². The number of hydrogen-bond donors (Lipinski definition) is 1. The molecule has 1 aromatic heterocycles. The van der Waals surface area contributed by atoms with Crippen LogP contribution < -0.4 is 5.32 Å². The summed E-state index contributed by atoms with van der Waals surface area (Å²) < 4.78 is 28.4. The molecule has 0 bridgehead atoms. The van der Waals surface area contributed by atoms with Crippen LogP contribution in [0.25, 0.3) is 10.1 Å². The van der Waals surface area contributed by atoms with Crippen molar-refractivity contribution in [2.24, 2.45) is 0 Å². The maximum absolute atomic E-state index is 14.1. The molecule has 0 aliphatic heterocycles. The molecule has 0 aliphatic rings. The van der Waals surface area contributed by atoms with E-state index in [1.54, 1.807) is 29.5 Å². The van der Waals surface area contributed by atoms with E-state index in [0.29, 0.717) is 5.56 Å². The van der Waals surface area contributed by atoms with E-state index in [1.807, 2.05) is 19.1 Å². The lowest BCUT2D eigenvalue weighted by molar-refractivity contribution is 0.563. The van der Waals surface area contributed by atoms with Crippen LogP contribution in [0, 0.1) is 11.6 Å². The van der Waals surface area contributed by atoms with E-state index in [-0.39, 0.29) is 17.7 Å². The predicted octanol–water partition coefficient (Wildman–Crippen LogP) is 4.88. The Morgan fingerprint density at radius 3 is 2.67 bits per heavy atom. The van der Waals surface area contributed by atoms with E-state index in [0.717, 1.165) is 21.5 Å². The van der Waals surface area contributed by atoms with Gasteiger partial charge in [-0.1, -0.05) is 25.1 Å². The van der Waals surface area contributed by atoms with Crippen molar-refractivity contribution < 1.29 is 8.78 Å². The Labute approximate surface area is 126 Å². The van der Waals surface area contributed by atoms with Gasteiger partial charge in [-0.15, -0.1) is 11.3 Å². The standard InChI is InChI=1S/C17H15F2NS/c1-2-20-17(13-5-3-4-6-14(13)19)16-10-11-9-12(18)7-8-15(11)21-16/h3-10,17,20H,2H2,1H3. The van der Waals surface area contributed by atoms with Crippen LogP contribution in [0.5, 0.6) is 0 Å². The van der Waals surface area contributed by atoms with E-state index in [4.69, 9.17) is 0 Å². The van der Waals surface area contributed by atoms with E-state index >= 15 is 0 Å². The second kappa shape index (κ2) is 5.92. The number of halogens is 2. The Hall–Kier alpha value is -1.78. The molecule has 0 spiro atoms. The highest BCUT2D eigenvalue weighted by Gasteiger charge is 2.19. The summed E-state index contributed by atoms with van der Waals surface area (Å²) in [5.74, 6) is -0.482. The van der Waals surface area contributed by atoms with Crippen LogP contribution in [0.4, 0.5) is 8.78 Å². The molecule has 21 heavy (non-hydrogen) atoms. The number of thiophene rings is 1. The molecule has 0 saturated heterocycles. The van der Waals surface area contributed by atoms with Gasteiger partial charge in [-0.3, -0.25) is 0 Å². The molecular formula is C17H15F2NS. The van der Waals surface area contributed by atoms with Gasteiger partial charge in [0.05, 0.1) is 6.04 Å². The lowest BCUT2D eigenvalue weighted by atomic mass is 10.0. The molecule has 0 amide bonds. The Balaban J connectivity index is 2.09. The minimum absolute atomic E-state index is 0.211. The third-order valence-electron chi connectivity index (χ3n) is 3.41. The van der Waals surface area contributed by atoms with Gasteiger partial charge in [0.2, 0.25) is 0 Å². The van der Waals surface area contributed by atoms with Gasteiger partial charge in [-0.25, -0.2) is 8.78 Å².